The Morgan fingerprint density at radius 1 is 1.06 bits per heavy atom. The molecule has 9 nitrogen and oxygen atoms in total. The molecule has 3 aliphatic heterocycles. The van der Waals surface area contributed by atoms with Gasteiger partial charge in [0.2, 0.25) is 18.6 Å². The van der Waals surface area contributed by atoms with E-state index in [1.807, 2.05) is 23.1 Å². The van der Waals surface area contributed by atoms with Crippen molar-refractivity contribution in [2.75, 3.05) is 39.5 Å². The number of carbonyl (C=O) groups is 3. The Hall–Kier alpha value is -3.46. The fourth-order valence-corrected chi connectivity index (χ4v) is 4.49. The largest absolute Gasteiger partial charge is 0.454 e. The van der Waals surface area contributed by atoms with Gasteiger partial charge in [0.25, 0.3) is 0 Å². The minimum absolute atomic E-state index is 0.0549. The predicted octanol–water partition coefficient (Wildman–Crippen LogP) is 1.99. The number of imide groups is 1. The zero-order valence-corrected chi connectivity index (χ0v) is 18.3. The van der Waals surface area contributed by atoms with E-state index in [1.54, 1.807) is 24.3 Å². The molecule has 0 N–H and O–H groups in total. The van der Waals surface area contributed by atoms with Gasteiger partial charge in [-0.05, 0) is 30.2 Å². The van der Waals surface area contributed by atoms with Gasteiger partial charge in [0.05, 0.1) is 11.6 Å². The number of rotatable bonds is 6. The van der Waals surface area contributed by atoms with Crippen LogP contribution in [0.4, 0.5) is 4.79 Å². The third kappa shape index (κ3) is 4.54. The van der Waals surface area contributed by atoms with Crippen LogP contribution in [0.25, 0.3) is 0 Å². The van der Waals surface area contributed by atoms with E-state index in [9.17, 15) is 14.4 Å². The third-order valence-corrected chi connectivity index (χ3v) is 6.33. The first kappa shape index (κ1) is 21.4. The molecule has 0 aromatic heterocycles. The van der Waals surface area contributed by atoms with E-state index in [0.717, 1.165) is 41.6 Å². The van der Waals surface area contributed by atoms with Gasteiger partial charge in [0, 0.05) is 45.7 Å². The molecule has 4 amide bonds. The van der Waals surface area contributed by atoms with E-state index in [2.05, 4.69) is 9.89 Å². The molecule has 0 saturated carbocycles. The van der Waals surface area contributed by atoms with Crippen LogP contribution in [0.15, 0.2) is 47.5 Å². The van der Waals surface area contributed by atoms with Gasteiger partial charge < -0.3 is 14.4 Å². The molecule has 1 fully saturated rings. The van der Waals surface area contributed by atoms with Gasteiger partial charge in [-0.15, -0.1) is 0 Å². The molecule has 0 bridgehead atoms. The Morgan fingerprint density at radius 3 is 2.73 bits per heavy atom. The number of hydrogen-bond acceptors (Lipinski definition) is 6. The summed E-state index contributed by atoms with van der Waals surface area (Å²) in [4.78, 5) is 46.9. The number of hydrogen-bond donors (Lipinski definition) is 0. The second-order valence-corrected chi connectivity index (χ2v) is 8.48. The second-order valence-electron chi connectivity index (χ2n) is 8.48. The van der Waals surface area contributed by atoms with Crippen LogP contribution >= 0.6 is 0 Å². The topological polar surface area (TPSA) is 91.8 Å². The molecule has 33 heavy (non-hydrogen) atoms. The first-order chi connectivity index (χ1) is 16.1. The van der Waals surface area contributed by atoms with Crippen LogP contribution in [0.2, 0.25) is 0 Å². The number of benzene rings is 1. The molecule has 1 aliphatic carbocycles. The van der Waals surface area contributed by atoms with Gasteiger partial charge in [-0.3, -0.25) is 19.4 Å². The second kappa shape index (κ2) is 9.19. The highest BCUT2D eigenvalue weighted by molar-refractivity contribution is 6.21. The third-order valence-electron chi connectivity index (χ3n) is 6.33. The molecule has 1 atom stereocenters. The lowest BCUT2D eigenvalue weighted by Crippen LogP contribution is -2.49. The Labute approximate surface area is 191 Å². The first-order valence-corrected chi connectivity index (χ1v) is 11.3. The fourth-order valence-electron chi connectivity index (χ4n) is 4.49. The molecule has 5 rings (SSSR count). The highest BCUT2D eigenvalue weighted by Gasteiger charge is 2.35. The number of nitrogens with zero attached hydrogens (tertiary/aromatic N) is 4. The number of amides is 4. The van der Waals surface area contributed by atoms with Crippen molar-refractivity contribution in [3.8, 4) is 11.5 Å². The van der Waals surface area contributed by atoms with Crippen molar-refractivity contribution in [3.63, 3.8) is 0 Å². The molecule has 1 unspecified atom stereocenters. The summed E-state index contributed by atoms with van der Waals surface area (Å²) in [6, 6.07) is 5.44. The van der Waals surface area contributed by atoms with Crippen molar-refractivity contribution < 1.29 is 23.9 Å². The summed E-state index contributed by atoms with van der Waals surface area (Å²) in [5.41, 5.74) is 1.64. The fraction of sp³-hybridized carbons (Fsp3) is 0.417. The van der Waals surface area contributed by atoms with Gasteiger partial charge in [-0.2, -0.15) is 4.99 Å². The number of piperazine rings is 1. The van der Waals surface area contributed by atoms with E-state index in [-0.39, 0.29) is 25.2 Å². The predicted molar refractivity (Wildman–Crippen MR) is 120 cm³/mol. The number of urea groups is 1. The Morgan fingerprint density at radius 2 is 1.88 bits per heavy atom. The van der Waals surface area contributed by atoms with Crippen molar-refractivity contribution in [2.24, 2.45) is 10.9 Å². The monoisotopic (exact) mass is 450 g/mol. The zero-order chi connectivity index (χ0) is 22.8. The molecule has 1 aromatic rings. The van der Waals surface area contributed by atoms with Gasteiger partial charge in [-0.25, -0.2) is 4.79 Å². The van der Waals surface area contributed by atoms with Crippen LogP contribution < -0.4 is 9.47 Å². The summed E-state index contributed by atoms with van der Waals surface area (Å²) in [5.74, 6) is 0.849. The number of carbonyl (C=O) groups excluding carboxylic acids is 3. The lowest BCUT2D eigenvalue weighted by atomic mass is 9.95. The van der Waals surface area contributed by atoms with Crippen LogP contribution in [0, 0.1) is 5.92 Å². The van der Waals surface area contributed by atoms with Gasteiger partial charge >= 0.3 is 6.03 Å². The highest BCUT2D eigenvalue weighted by Crippen LogP contribution is 2.32. The summed E-state index contributed by atoms with van der Waals surface area (Å²) in [7, 11) is 0. The quantitative estimate of drug-likeness (QED) is 0.658. The van der Waals surface area contributed by atoms with Crippen LogP contribution in [0.5, 0.6) is 11.5 Å². The summed E-state index contributed by atoms with van der Waals surface area (Å²) >= 11 is 0. The summed E-state index contributed by atoms with van der Waals surface area (Å²) < 4.78 is 10.8. The minimum Gasteiger partial charge on any atom is -0.454 e. The minimum atomic E-state index is -0.546. The summed E-state index contributed by atoms with van der Waals surface area (Å²) in [5, 5.41) is 0. The summed E-state index contributed by atoms with van der Waals surface area (Å²) in [6.07, 6.45) is 7.72. The van der Waals surface area contributed by atoms with Crippen molar-refractivity contribution in [2.45, 2.75) is 19.4 Å². The molecule has 3 heterocycles. The van der Waals surface area contributed by atoms with E-state index in [4.69, 9.17) is 9.47 Å². The molecule has 1 saturated heterocycles. The number of allylic oxidation sites excluding steroid dienone is 3. The molecule has 4 aliphatic rings. The molecular formula is C24H26N4O5. The van der Waals surface area contributed by atoms with Crippen LogP contribution in [-0.2, 0) is 16.1 Å². The maximum atomic E-state index is 12.7. The maximum Gasteiger partial charge on any atom is 0.350 e. The van der Waals surface area contributed by atoms with E-state index >= 15 is 0 Å². The Bertz CT molecular complexity index is 1050. The number of ether oxygens (including phenoxy) is 2. The standard InChI is InChI=1S/C24H26N4O5/c29-22(6-3-9-28-23(30)18-4-1-2-5-19(18)25-24(28)31)27-12-10-26(11-13-27)15-17-7-8-20-21(14-17)33-16-32-20/h1-2,4-5,7-8,14,18H,3,6,9-13,15-16H2. The Balaban J connectivity index is 1.06. The van der Waals surface area contributed by atoms with Gasteiger partial charge in [-0.1, -0.05) is 24.3 Å². The SMILES string of the molecule is O=C(CCCN1C(=O)N=C2C=CC=CC2C1=O)N1CCN(Cc2ccc3c(c2)OCO3)CC1. The number of fused-ring (bicyclic) bond motifs is 2. The van der Waals surface area contributed by atoms with Crippen molar-refractivity contribution >= 4 is 23.6 Å². The van der Waals surface area contributed by atoms with Crippen molar-refractivity contribution in [1.29, 1.82) is 0 Å². The highest BCUT2D eigenvalue weighted by atomic mass is 16.7. The lowest BCUT2D eigenvalue weighted by molar-refractivity contribution is -0.134. The normalized spacial score (nSPS) is 21.9. The lowest BCUT2D eigenvalue weighted by Gasteiger charge is -2.35. The first-order valence-electron chi connectivity index (χ1n) is 11.3. The maximum absolute atomic E-state index is 12.7. The van der Waals surface area contributed by atoms with Crippen LogP contribution in [-0.4, -0.2) is 77.8 Å². The van der Waals surface area contributed by atoms with E-state index in [1.165, 1.54) is 0 Å². The Kier molecular flexibility index (Phi) is 5.95. The van der Waals surface area contributed by atoms with Crippen molar-refractivity contribution in [1.82, 2.24) is 14.7 Å². The van der Waals surface area contributed by atoms with Crippen LogP contribution in [0.3, 0.4) is 0 Å². The molecule has 172 valence electrons. The molecule has 9 heteroatoms. The van der Waals surface area contributed by atoms with Crippen LogP contribution in [0.1, 0.15) is 18.4 Å². The molecule has 1 aromatic carbocycles. The smallest absolute Gasteiger partial charge is 0.350 e. The van der Waals surface area contributed by atoms with E-state index < -0.39 is 11.9 Å². The molecule has 0 radical (unpaired) electrons. The average molecular weight is 450 g/mol. The van der Waals surface area contributed by atoms with Gasteiger partial charge in [0.1, 0.15) is 0 Å². The van der Waals surface area contributed by atoms with Crippen molar-refractivity contribution in [3.05, 3.63) is 48.1 Å². The average Bonchev–Trinajstić information content (AvgIpc) is 3.29. The van der Waals surface area contributed by atoms with Gasteiger partial charge in [0.15, 0.2) is 11.5 Å². The molecular weight excluding hydrogens is 424 g/mol. The molecule has 0 spiro atoms. The van der Waals surface area contributed by atoms with E-state index in [0.29, 0.717) is 31.6 Å². The number of aliphatic imine (C=N–C) groups is 1. The zero-order valence-electron chi connectivity index (χ0n) is 18.3. The summed E-state index contributed by atoms with van der Waals surface area (Å²) in [6.45, 7) is 4.19.